The Morgan fingerprint density at radius 2 is 2.12 bits per heavy atom. The highest BCUT2D eigenvalue weighted by atomic mass is 32.2. The molecule has 0 heterocycles. The second-order valence-electron chi connectivity index (χ2n) is 3.72. The number of carboxylic acids is 1. The molecule has 4 nitrogen and oxygen atoms in total. The van der Waals surface area contributed by atoms with E-state index in [9.17, 15) is 4.79 Å². The van der Waals surface area contributed by atoms with Gasteiger partial charge in [0.05, 0.1) is 13.5 Å². The molecule has 0 aliphatic carbocycles. The Balaban J connectivity index is 2.28. The molecule has 0 aliphatic heterocycles. The summed E-state index contributed by atoms with van der Waals surface area (Å²) in [4.78, 5) is 10.4. The Hall–Kier alpha value is -1.20. The van der Waals surface area contributed by atoms with Gasteiger partial charge in [0.15, 0.2) is 0 Å². The SMILES string of the molecule is COc1ccc(CSC[C@@H](N)CC(=O)O)cc1. The van der Waals surface area contributed by atoms with Crippen LogP contribution >= 0.6 is 11.8 Å². The lowest BCUT2D eigenvalue weighted by Gasteiger charge is -2.08. The first-order valence-corrected chi connectivity index (χ1v) is 6.45. The molecule has 1 aromatic carbocycles. The van der Waals surface area contributed by atoms with Gasteiger partial charge in [-0.25, -0.2) is 0 Å². The van der Waals surface area contributed by atoms with Gasteiger partial charge in [-0.1, -0.05) is 12.1 Å². The monoisotopic (exact) mass is 255 g/mol. The number of nitrogens with two attached hydrogens (primary N) is 1. The molecule has 0 unspecified atom stereocenters. The Kier molecular flexibility index (Phi) is 5.86. The fourth-order valence-electron chi connectivity index (χ4n) is 1.33. The number of methoxy groups -OCH3 is 1. The van der Waals surface area contributed by atoms with Crippen LogP contribution < -0.4 is 10.5 Å². The predicted molar refractivity (Wildman–Crippen MR) is 69.4 cm³/mol. The highest BCUT2D eigenvalue weighted by Crippen LogP contribution is 2.17. The number of thioether (sulfide) groups is 1. The Labute approximate surface area is 105 Å². The zero-order chi connectivity index (χ0) is 12.7. The third kappa shape index (κ3) is 5.60. The van der Waals surface area contributed by atoms with Crippen LogP contribution in [0.2, 0.25) is 0 Å². The molecular weight excluding hydrogens is 238 g/mol. The van der Waals surface area contributed by atoms with Crippen molar-refractivity contribution in [2.45, 2.75) is 18.2 Å². The first-order valence-electron chi connectivity index (χ1n) is 5.30. The molecule has 0 radical (unpaired) electrons. The third-order valence-corrected chi connectivity index (χ3v) is 3.40. The van der Waals surface area contributed by atoms with Crippen molar-refractivity contribution in [3.63, 3.8) is 0 Å². The normalized spacial score (nSPS) is 12.1. The first kappa shape index (κ1) is 13.9. The van der Waals surface area contributed by atoms with Crippen molar-refractivity contribution in [2.24, 2.45) is 5.73 Å². The summed E-state index contributed by atoms with van der Waals surface area (Å²) in [5, 5.41) is 8.55. The van der Waals surface area contributed by atoms with Gasteiger partial charge < -0.3 is 15.6 Å². The van der Waals surface area contributed by atoms with Crippen LogP contribution in [0.1, 0.15) is 12.0 Å². The van der Waals surface area contributed by atoms with Gasteiger partial charge in [0.1, 0.15) is 5.75 Å². The number of ether oxygens (including phenoxy) is 1. The average molecular weight is 255 g/mol. The van der Waals surface area contributed by atoms with Crippen molar-refractivity contribution < 1.29 is 14.6 Å². The van der Waals surface area contributed by atoms with E-state index in [2.05, 4.69) is 0 Å². The maximum atomic E-state index is 10.4. The highest BCUT2D eigenvalue weighted by molar-refractivity contribution is 7.98. The number of rotatable bonds is 7. The minimum Gasteiger partial charge on any atom is -0.497 e. The number of carboxylic acid groups (broad SMARTS) is 1. The van der Waals surface area contributed by atoms with E-state index in [1.54, 1.807) is 18.9 Å². The number of benzene rings is 1. The first-order chi connectivity index (χ1) is 8.11. The van der Waals surface area contributed by atoms with E-state index in [0.717, 1.165) is 11.5 Å². The minimum atomic E-state index is -0.845. The van der Waals surface area contributed by atoms with Crippen LogP contribution in [0.25, 0.3) is 0 Å². The predicted octanol–water partition coefficient (Wildman–Crippen LogP) is 1.73. The van der Waals surface area contributed by atoms with Crippen molar-refractivity contribution in [1.29, 1.82) is 0 Å². The van der Waals surface area contributed by atoms with E-state index in [4.69, 9.17) is 15.6 Å². The number of hydrogen-bond donors (Lipinski definition) is 2. The van der Waals surface area contributed by atoms with Gasteiger partial charge in [0.25, 0.3) is 0 Å². The van der Waals surface area contributed by atoms with Gasteiger partial charge in [0.2, 0.25) is 0 Å². The second-order valence-corrected chi connectivity index (χ2v) is 4.75. The quantitative estimate of drug-likeness (QED) is 0.776. The van der Waals surface area contributed by atoms with E-state index < -0.39 is 5.97 Å². The molecule has 5 heteroatoms. The largest absolute Gasteiger partial charge is 0.497 e. The summed E-state index contributed by atoms with van der Waals surface area (Å²) in [7, 11) is 1.63. The summed E-state index contributed by atoms with van der Waals surface area (Å²) in [5.74, 6) is 1.47. The summed E-state index contributed by atoms with van der Waals surface area (Å²) in [6, 6.07) is 7.53. The van der Waals surface area contributed by atoms with Crippen molar-refractivity contribution in [3.05, 3.63) is 29.8 Å². The van der Waals surface area contributed by atoms with Crippen molar-refractivity contribution >= 4 is 17.7 Å². The smallest absolute Gasteiger partial charge is 0.304 e. The molecular formula is C12H17NO3S. The standard InChI is InChI=1S/C12H17NO3S/c1-16-11-4-2-9(3-5-11)7-17-8-10(13)6-12(14)15/h2-5,10H,6-8,13H2,1H3,(H,14,15)/t10-/m0/s1. The van der Waals surface area contributed by atoms with E-state index in [0.29, 0.717) is 5.75 Å². The van der Waals surface area contributed by atoms with Gasteiger partial charge in [-0.2, -0.15) is 11.8 Å². The molecule has 1 aromatic rings. The topological polar surface area (TPSA) is 72.5 Å². The molecule has 1 atom stereocenters. The summed E-state index contributed by atoms with van der Waals surface area (Å²) in [5.41, 5.74) is 6.84. The lowest BCUT2D eigenvalue weighted by molar-refractivity contribution is -0.137. The molecule has 0 spiro atoms. The van der Waals surface area contributed by atoms with Crippen LogP contribution in [0.3, 0.4) is 0 Å². The summed E-state index contributed by atoms with van der Waals surface area (Å²) < 4.78 is 5.06. The maximum Gasteiger partial charge on any atom is 0.304 e. The van der Waals surface area contributed by atoms with Crippen molar-refractivity contribution in [3.8, 4) is 5.75 Å². The van der Waals surface area contributed by atoms with Crippen LogP contribution in [0, 0.1) is 0 Å². The van der Waals surface area contributed by atoms with E-state index in [1.165, 1.54) is 5.56 Å². The molecule has 3 N–H and O–H groups in total. The lowest BCUT2D eigenvalue weighted by atomic mass is 10.2. The van der Waals surface area contributed by atoms with Crippen LogP contribution in [0.4, 0.5) is 0 Å². The zero-order valence-electron chi connectivity index (χ0n) is 9.76. The van der Waals surface area contributed by atoms with Crippen LogP contribution in [0.15, 0.2) is 24.3 Å². The van der Waals surface area contributed by atoms with Gasteiger partial charge in [-0.3, -0.25) is 4.79 Å². The van der Waals surface area contributed by atoms with E-state index in [1.807, 2.05) is 24.3 Å². The molecule has 0 aromatic heterocycles. The van der Waals surface area contributed by atoms with Gasteiger partial charge in [-0.05, 0) is 17.7 Å². The molecule has 0 amide bonds. The van der Waals surface area contributed by atoms with E-state index in [-0.39, 0.29) is 12.5 Å². The maximum absolute atomic E-state index is 10.4. The molecule has 0 bridgehead atoms. The average Bonchev–Trinajstić information content (AvgIpc) is 2.29. The number of carbonyl (C=O) groups is 1. The van der Waals surface area contributed by atoms with Crippen LogP contribution in [-0.4, -0.2) is 30.0 Å². The highest BCUT2D eigenvalue weighted by Gasteiger charge is 2.07. The van der Waals surface area contributed by atoms with Gasteiger partial charge >= 0.3 is 5.97 Å². The molecule has 0 aliphatic rings. The Bertz CT molecular complexity index is 353. The zero-order valence-corrected chi connectivity index (χ0v) is 10.6. The number of hydrogen-bond acceptors (Lipinski definition) is 4. The van der Waals surface area contributed by atoms with Crippen molar-refractivity contribution in [1.82, 2.24) is 0 Å². The Morgan fingerprint density at radius 1 is 1.47 bits per heavy atom. The fourth-order valence-corrected chi connectivity index (χ4v) is 2.30. The second kappa shape index (κ2) is 7.19. The molecule has 94 valence electrons. The molecule has 1 rings (SSSR count). The molecule has 0 saturated heterocycles. The lowest BCUT2D eigenvalue weighted by Crippen LogP contribution is -2.26. The van der Waals surface area contributed by atoms with Crippen LogP contribution in [-0.2, 0) is 10.5 Å². The molecule has 0 saturated carbocycles. The van der Waals surface area contributed by atoms with Crippen molar-refractivity contribution in [2.75, 3.05) is 12.9 Å². The van der Waals surface area contributed by atoms with Crippen LogP contribution in [0.5, 0.6) is 5.75 Å². The third-order valence-electron chi connectivity index (χ3n) is 2.20. The number of aliphatic carboxylic acids is 1. The molecule has 17 heavy (non-hydrogen) atoms. The molecule has 0 fully saturated rings. The summed E-state index contributed by atoms with van der Waals surface area (Å²) >= 11 is 1.64. The fraction of sp³-hybridized carbons (Fsp3) is 0.417. The summed E-state index contributed by atoms with van der Waals surface area (Å²) in [6.45, 7) is 0. The summed E-state index contributed by atoms with van der Waals surface area (Å²) in [6.07, 6.45) is 0.0234. The van der Waals surface area contributed by atoms with Gasteiger partial charge in [-0.15, -0.1) is 0 Å². The van der Waals surface area contributed by atoms with E-state index >= 15 is 0 Å². The Morgan fingerprint density at radius 3 is 2.65 bits per heavy atom. The van der Waals surface area contributed by atoms with Gasteiger partial charge in [0, 0.05) is 17.5 Å². The minimum absolute atomic E-state index is 0.0234.